The molecule has 0 aromatic heterocycles. The second-order valence-electron chi connectivity index (χ2n) is 6.62. The summed E-state index contributed by atoms with van der Waals surface area (Å²) >= 11 is 3.27. The Bertz CT molecular complexity index is 589. The summed E-state index contributed by atoms with van der Waals surface area (Å²) in [5, 5.41) is 9.47. The summed E-state index contributed by atoms with van der Waals surface area (Å²) in [6.45, 7) is 5.12. The van der Waals surface area contributed by atoms with Gasteiger partial charge >= 0.3 is 0 Å². The third-order valence-corrected chi connectivity index (χ3v) is 4.91. The van der Waals surface area contributed by atoms with Gasteiger partial charge in [0.25, 0.3) is 5.91 Å². The van der Waals surface area contributed by atoms with Gasteiger partial charge in [-0.3, -0.25) is 4.79 Å². The molecule has 1 atom stereocenters. The number of β-amino-alcohol motifs (C(OH)–C–C–N with tert-alkyl or cyclic N) is 1. The van der Waals surface area contributed by atoms with Gasteiger partial charge in [0.05, 0.1) is 17.4 Å². The van der Waals surface area contributed by atoms with E-state index in [9.17, 15) is 14.3 Å². The van der Waals surface area contributed by atoms with Crippen LogP contribution < -0.4 is 10.6 Å². The van der Waals surface area contributed by atoms with Gasteiger partial charge < -0.3 is 20.6 Å². The Morgan fingerprint density at radius 2 is 2.12 bits per heavy atom. The molecule has 1 aromatic rings. The second-order valence-corrected chi connectivity index (χ2v) is 7.54. The van der Waals surface area contributed by atoms with Gasteiger partial charge in [0, 0.05) is 24.6 Å². The summed E-state index contributed by atoms with van der Waals surface area (Å²) in [6.07, 6.45) is 1.71. The van der Waals surface area contributed by atoms with Crippen molar-refractivity contribution in [2.45, 2.75) is 25.9 Å². The summed E-state index contributed by atoms with van der Waals surface area (Å²) in [6, 6.07) is 2.98. The van der Waals surface area contributed by atoms with E-state index < -0.39 is 11.7 Å². The zero-order valence-electron chi connectivity index (χ0n) is 14.1. The molecule has 0 bridgehead atoms. The molecule has 1 unspecified atom stereocenters. The lowest BCUT2D eigenvalue weighted by Gasteiger charge is -2.35. The number of hydrogen-bond acceptors (Lipinski definition) is 4. The van der Waals surface area contributed by atoms with E-state index in [0.717, 1.165) is 32.5 Å². The van der Waals surface area contributed by atoms with Crippen molar-refractivity contribution in [1.29, 1.82) is 0 Å². The largest absolute Gasteiger partial charge is 0.392 e. The van der Waals surface area contributed by atoms with Crippen LogP contribution in [-0.2, 0) is 0 Å². The van der Waals surface area contributed by atoms with E-state index in [0.29, 0.717) is 22.6 Å². The van der Waals surface area contributed by atoms with Crippen molar-refractivity contribution in [2.24, 2.45) is 11.7 Å². The molecule has 1 aromatic carbocycles. The van der Waals surface area contributed by atoms with Crippen LogP contribution in [0, 0.1) is 11.7 Å². The monoisotopic (exact) mass is 401 g/mol. The lowest BCUT2D eigenvalue weighted by molar-refractivity contribution is 0.0996. The number of carbonyl (C=O) groups excluding carboxylic acids is 1. The van der Waals surface area contributed by atoms with E-state index in [1.54, 1.807) is 13.0 Å². The number of benzene rings is 1. The van der Waals surface area contributed by atoms with E-state index in [4.69, 9.17) is 5.73 Å². The van der Waals surface area contributed by atoms with Crippen molar-refractivity contribution in [3.05, 3.63) is 28.0 Å². The van der Waals surface area contributed by atoms with Crippen LogP contribution in [-0.4, -0.2) is 55.2 Å². The molecule has 3 N–H and O–H groups in total. The zero-order valence-corrected chi connectivity index (χ0v) is 15.7. The number of piperidine rings is 1. The summed E-state index contributed by atoms with van der Waals surface area (Å²) < 4.78 is 14.7. The van der Waals surface area contributed by atoms with E-state index in [2.05, 4.69) is 20.8 Å². The van der Waals surface area contributed by atoms with Gasteiger partial charge in [-0.25, -0.2) is 4.39 Å². The second kappa shape index (κ2) is 8.27. The Morgan fingerprint density at radius 1 is 1.50 bits per heavy atom. The van der Waals surface area contributed by atoms with Gasteiger partial charge in [0.2, 0.25) is 0 Å². The molecule has 2 rings (SSSR count). The number of likely N-dealkylation sites (tertiary alicyclic amines) is 1. The van der Waals surface area contributed by atoms with E-state index in [1.807, 2.05) is 11.9 Å². The highest BCUT2D eigenvalue weighted by Gasteiger charge is 2.24. The highest BCUT2D eigenvalue weighted by molar-refractivity contribution is 9.10. The van der Waals surface area contributed by atoms with Crippen LogP contribution in [0.25, 0.3) is 0 Å². The SMILES string of the molecule is CC(O)CN1CCC(CN(C)c2cc(Br)cc(F)c2C(N)=O)CC1. The number of hydrogen-bond donors (Lipinski definition) is 2. The third kappa shape index (κ3) is 4.91. The predicted molar refractivity (Wildman–Crippen MR) is 96.7 cm³/mol. The number of rotatable bonds is 6. The topological polar surface area (TPSA) is 69.8 Å². The van der Waals surface area contributed by atoms with E-state index in [1.165, 1.54) is 6.07 Å². The first kappa shape index (κ1) is 19.1. The minimum atomic E-state index is -0.756. The van der Waals surface area contributed by atoms with Crippen molar-refractivity contribution in [2.75, 3.05) is 38.1 Å². The van der Waals surface area contributed by atoms with Crippen LogP contribution in [0.5, 0.6) is 0 Å². The first-order valence-corrected chi connectivity index (χ1v) is 8.97. The van der Waals surface area contributed by atoms with Gasteiger partial charge in [0.1, 0.15) is 5.82 Å². The molecule has 0 radical (unpaired) electrons. The Balaban J connectivity index is 2.03. The van der Waals surface area contributed by atoms with Crippen LogP contribution >= 0.6 is 15.9 Å². The minimum absolute atomic E-state index is 0.0627. The molecule has 1 amide bonds. The number of nitrogens with zero attached hydrogens (tertiary/aromatic N) is 2. The summed E-state index contributed by atoms with van der Waals surface area (Å²) in [5.41, 5.74) is 5.80. The molecular weight excluding hydrogens is 377 g/mol. The molecule has 5 nitrogen and oxygen atoms in total. The maximum atomic E-state index is 14.1. The summed E-state index contributed by atoms with van der Waals surface area (Å²) in [4.78, 5) is 15.8. The fourth-order valence-corrected chi connectivity index (χ4v) is 3.73. The molecule has 134 valence electrons. The lowest BCUT2D eigenvalue weighted by Crippen LogP contribution is -2.41. The molecule has 1 fully saturated rings. The minimum Gasteiger partial charge on any atom is -0.392 e. The Kier molecular flexibility index (Phi) is 6.60. The van der Waals surface area contributed by atoms with Gasteiger partial charge in [-0.1, -0.05) is 15.9 Å². The van der Waals surface area contributed by atoms with E-state index in [-0.39, 0.29) is 11.7 Å². The number of carbonyl (C=O) groups is 1. The molecule has 24 heavy (non-hydrogen) atoms. The van der Waals surface area contributed by atoms with Gasteiger partial charge in [0.15, 0.2) is 0 Å². The van der Waals surface area contributed by atoms with Crippen LogP contribution in [0.2, 0.25) is 0 Å². The van der Waals surface area contributed by atoms with Gasteiger partial charge in [-0.15, -0.1) is 0 Å². The average Bonchev–Trinajstić information content (AvgIpc) is 2.47. The Hall–Kier alpha value is -1.18. The molecule has 1 aliphatic heterocycles. The maximum Gasteiger partial charge on any atom is 0.253 e. The maximum absolute atomic E-state index is 14.1. The Labute approximate surface area is 150 Å². The predicted octanol–water partition coefficient (Wildman–Crippen LogP) is 2.22. The van der Waals surface area contributed by atoms with Crippen LogP contribution in [0.15, 0.2) is 16.6 Å². The molecule has 1 saturated heterocycles. The molecular formula is C17H25BrFN3O2. The third-order valence-electron chi connectivity index (χ3n) is 4.45. The van der Waals surface area contributed by atoms with E-state index >= 15 is 0 Å². The molecule has 0 spiro atoms. The van der Waals surface area contributed by atoms with Crippen molar-refractivity contribution in [1.82, 2.24) is 4.90 Å². The zero-order chi connectivity index (χ0) is 17.9. The van der Waals surface area contributed by atoms with Gasteiger partial charge in [-0.05, 0) is 50.9 Å². The Morgan fingerprint density at radius 3 is 2.67 bits per heavy atom. The molecule has 0 aliphatic carbocycles. The number of halogens is 2. The van der Waals surface area contributed by atoms with Crippen molar-refractivity contribution < 1.29 is 14.3 Å². The fraction of sp³-hybridized carbons (Fsp3) is 0.588. The lowest BCUT2D eigenvalue weighted by atomic mass is 9.95. The average molecular weight is 402 g/mol. The van der Waals surface area contributed by atoms with Crippen LogP contribution in [0.1, 0.15) is 30.1 Å². The first-order valence-electron chi connectivity index (χ1n) is 8.18. The van der Waals surface area contributed by atoms with Crippen LogP contribution in [0.3, 0.4) is 0 Å². The number of primary amides is 1. The molecule has 0 saturated carbocycles. The number of amides is 1. The number of aliphatic hydroxyl groups excluding tert-OH is 1. The van der Waals surface area contributed by atoms with Crippen molar-refractivity contribution in [3.63, 3.8) is 0 Å². The highest BCUT2D eigenvalue weighted by Crippen LogP contribution is 2.29. The standard InChI is InChI=1S/C17H25BrFN3O2/c1-11(23)9-22-5-3-12(4-6-22)10-21(2)15-8-13(18)7-14(19)16(15)17(20)24/h7-8,11-12,23H,3-6,9-10H2,1-2H3,(H2,20,24). The quantitative estimate of drug-likeness (QED) is 0.766. The van der Waals surface area contributed by atoms with Crippen molar-refractivity contribution in [3.8, 4) is 0 Å². The smallest absolute Gasteiger partial charge is 0.253 e. The van der Waals surface area contributed by atoms with Crippen molar-refractivity contribution >= 4 is 27.5 Å². The summed E-state index contributed by atoms with van der Waals surface area (Å²) in [5.74, 6) is -0.901. The van der Waals surface area contributed by atoms with Gasteiger partial charge in [-0.2, -0.15) is 0 Å². The normalized spacial score (nSPS) is 17.7. The molecule has 1 heterocycles. The number of anilines is 1. The number of aliphatic hydroxyl groups is 1. The number of nitrogens with two attached hydrogens (primary N) is 1. The first-order chi connectivity index (χ1) is 11.3. The molecule has 7 heteroatoms. The van der Waals surface area contributed by atoms with Crippen LogP contribution in [0.4, 0.5) is 10.1 Å². The molecule has 1 aliphatic rings. The summed E-state index contributed by atoms with van der Waals surface area (Å²) in [7, 11) is 1.86. The fourth-order valence-electron chi connectivity index (χ4n) is 3.32. The highest BCUT2D eigenvalue weighted by atomic mass is 79.9.